The van der Waals surface area contributed by atoms with E-state index in [9.17, 15) is 4.39 Å². The quantitative estimate of drug-likeness (QED) is 0.279. The maximum Gasteiger partial charge on any atom is 0.162 e. The number of rotatable bonds is 10. The van der Waals surface area contributed by atoms with E-state index < -0.39 is 11.6 Å². The summed E-state index contributed by atoms with van der Waals surface area (Å²) in [5, 5.41) is 0. The Kier molecular flexibility index (Phi) is 10.3. The van der Waals surface area contributed by atoms with Crippen molar-refractivity contribution in [1.29, 1.82) is 0 Å². The third kappa shape index (κ3) is 7.30. The number of unbranched alkanes of at least 4 members (excludes halogenated alkanes) is 2. The first-order valence-electron chi connectivity index (χ1n) is 14.9. The van der Waals surface area contributed by atoms with Crippen LogP contribution in [0.15, 0.2) is 36.4 Å². The van der Waals surface area contributed by atoms with E-state index in [4.69, 9.17) is 0 Å². The summed E-state index contributed by atoms with van der Waals surface area (Å²) in [7, 11) is 0. The molecule has 2 aromatic carbocycles. The van der Waals surface area contributed by atoms with E-state index >= 15 is 8.78 Å². The van der Waals surface area contributed by atoms with Gasteiger partial charge in [-0.3, -0.25) is 0 Å². The van der Waals surface area contributed by atoms with Crippen LogP contribution in [-0.4, -0.2) is 0 Å². The van der Waals surface area contributed by atoms with Crippen LogP contribution in [0.25, 0.3) is 6.08 Å². The topological polar surface area (TPSA) is 0 Å². The number of benzene rings is 2. The molecule has 0 amide bonds. The number of aryl methyl sites for hydroxylation is 1. The first kappa shape index (κ1) is 28.0. The first-order chi connectivity index (χ1) is 18.0. The van der Waals surface area contributed by atoms with Crippen molar-refractivity contribution in [1.82, 2.24) is 0 Å². The van der Waals surface area contributed by atoms with Crippen LogP contribution < -0.4 is 0 Å². The maximum absolute atomic E-state index is 15.2. The summed E-state index contributed by atoms with van der Waals surface area (Å²) in [6, 6.07) is 9.33. The van der Waals surface area contributed by atoms with Crippen molar-refractivity contribution in [3.63, 3.8) is 0 Å². The molecule has 0 heterocycles. The molecule has 0 bridgehead atoms. The van der Waals surface area contributed by atoms with Crippen LogP contribution in [0.5, 0.6) is 0 Å². The van der Waals surface area contributed by atoms with Crippen molar-refractivity contribution in [3.05, 3.63) is 76.1 Å². The molecule has 4 rings (SSSR count). The van der Waals surface area contributed by atoms with Crippen LogP contribution in [0.3, 0.4) is 0 Å². The summed E-state index contributed by atoms with van der Waals surface area (Å²) in [6.45, 7) is 4.39. The summed E-state index contributed by atoms with van der Waals surface area (Å²) in [5.41, 5.74) is 2.83. The fraction of sp³-hybridized carbons (Fsp3) is 0.588. The minimum Gasteiger partial charge on any atom is -0.206 e. The highest BCUT2D eigenvalue weighted by atomic mass is 19.2. The lowest BCUT2D eigenvalue weighted by Gasteiger charge is -2.30. The monoisotopic (exact) mass is 510 g/mol. The second-order valence-corrected chi connectivity index (χ2v) is 11.7. The summed E-state index contributed by atoms with van der Waals surface area (Å²) in [5.74, 6) is -0.0545. The van der Waals surface area contributed by atoms with Gasteiger partial charge in [0, 0.05) is 5.56 Å². The van der Waals surface area contributed by atoms with Gasteiger partial charge in [-0.15, -0.1) is 0 Å². The van der Waals surface area contributed by atoms with Gasteiger partial charge in [0.2, 0.25) is 0 Å². The van der Waals surface area contributed by atoms with Crippen LogP contribution in [-0.2, 0) is 6.42 Å². The third-order valence-electron chi connectivity index (χ3n) is 9.02. The van der Waals surface area contributed by atoms with E-state index in [0.29, 0.717) is 22.6 Å². The van der Waals surface area contributed by atoms with Gasteiger partial charge in [0.1, 0.15) is 5.82 Å². The SMILES string of the molecule is CCCCCc1ccc(C=CC2CCC(c3ccc(C4CCC(CCC)CC4)c(F)c3F)CC2)c(F)c1. The average Bonchev–Trinajstić information content (AvgIpc) is 2.91. The lowest BCUT2D eigenvalue weighted by atomic mass is 9.75. The molecule has 2 aliphatic rings. The minimum absolute atomic E-state index is 0.0626. The van der Waals surface area contributed by atoms with Crippen molar-refractivity contribution in [2.75, 3.05) is 0 Å². The van der Waals surface area contributed by atoms with Gasteiger partial charge in [-0.25, -0.2) is 13.2 Å². The highest BCUT2D eigenvalue weighted by molar-refractivity contribution is 5.51. The van der Waals surface area contributed by atoms with Gasteiger partial charge in [-0.1, -0.05) is 75.9 Å². The van der Waals surface area contributed by atoms with Gasteiger partial charge in [0.05, 0.1) is 0 Å². The van der Waals surface area contributed by atoms with Crippen molar-refractivity contribution in [2.24, 2.45) is 11.8 Å². The van der Waals surface area contributed by atoms with Crippen molar-refractivity contribution < 1.29 is 13.2 Å². The first-order valence-corrected chi connectivity index (χ1v) is 14.9. The molecule has 0 saturated heterocycles. The summed E-state index contributed by atoms with van der Waals surface area (Å²) in [6.07, 6.45) is 18.6. The number of hydrogen-bond acceptors (Lipinski definition) is 0. The Morgan fingerprint density at radius 2 is 1.35 bits per heavy atom. The molecular weight excluding hydrogens is 465 g/mol. The molecule has 2 aromatic rings. The predicted octanol–water partition coefficient (Wildman–Crippen LogP) is 10.9. The standard InChI is InChI=1S/C34H45F3/c1-3-5-6-8-26-14-20-29(32(35)23-26)19-13-25-11-17-28(18-12-25)31-22-21-30(33(36)34(31)37)27-15-9-24(7-4-2)10-16-27/h13-14,19-25,27-28H,3-12,15-18H2,1-2H3. The maximum atomic E-state index is 15.2. The smallest absolute Gasteiger partial charge is 0.162 e. The van der Waals surface area contributed by atoms with Gasteiger partial charge in [0.25, 0.3) is 0 Å². The molecule has 0 unspecified atom stereocenters. The second-order valence-electron chi connectivity index (χ2n) is 11.7. The van der Waals surface area contributed by atoms with E-state index in [1.807, 2.05) is 30.3 Å². The summed E-state index contributed by atoms with van der Waals surface area (Å²) in [4.78, 5) is 0. The highest BCUT2D eigenvalue weighted by Gasteiger charge is 2.29. The van der Waals surface area contributed by atoms with Crippen LogP contribution >= 0.6 is 0 Å². The second kappa shape index (κ2) is 13.7. The molecule has 0 aromatic heterocycles. The minimum atomic E-state index is -0.617. The van der Waals surface area contributed by atoms with Gasteiger partial charge in [0.15, 0.2) is 11.6 Å². The predicted molar refractivity (Wildman–Crippen MR) is 149 cm³/mol. The van der Waals surface area contributed by atoms with E-state index in [-0.39, 0.29) is 17.7 Å². The molecule has 0 atom stereocenters. The molecule has 0 aliphatic heterocycles. The van der Waals surface area contributed by atoms with Gasteiger partial charge >= 0.3 is 0 Å². The Hall–Kier alpha value is -2.03. The van der Waals surface area contributed by atoms with E-state index in [0.717, 1.165) is 75.7 Å². The fourth-order valence-corrected chi connectivity index (χ4v) is 6.68. The normalized spacial score (nSPS) is 24.6. The fourth-order valence-electron chi connectivity index (χ4n) is 6.68. The number of hydrogen-bond donors (Lipinski definition) is 0. The Labute approximate surface area is 222 Å². The molecule has 0 N–H and O–H groups in total. The number of allylic oxidation sites excluding steroid dienone is 1. The van der Waals surface area contributed by atoms with Crippen molar-refractivity contribution >= 4 is 6.08 Å². The Balaban J connectivity index is 1.31. The average molecular weight is 511 g/mol. The molecule has 202 valence electrons. The van der Waals surface area contributed by atoms with Gasteiger partial charge in [-0.05, 0) is 111 Å². The lowest BCUT2D eigenvalue weighted by Crippen LogP contribution is -2.17. The molecule has 0 nitrogen and oxygen atoms in total. The zero-order valence-electron chi connectivity index (χ0n) is 22.9. The van der Waals surface area contributed by atoms with Crippen molar-refractivity contribution in [2.45, 2.75) is 116 Å². The molecule has 2 saturated carbocycles. The van der Waals surface area contributed by atoms with Crippen LogP contribution in [0, 0.1) is 29.3 Å². The molecule has 0 radical (unpaired) electrons. The molecular formula is C34H45F3. The Morgan fingerprint density at radius 1 is 0.730 bits per heavy atom. The third-order valence-corrected chi connectivity index (χ3v) is 9.02. The molecule has 37 heavy (non-hydrogen) atoms. The Morgan fingerprint density at radius 3 is 1.92 bits per heavy atom. The lowest BCUT2D eigenvalue weighted by molar-refractivity contribution is 0.302. The van der Waals surface area contributed by atoms with Gasteiger partial charge in [-0.2, -0.15) is 0 Å². The van der Waals surface area contributed by atoms with Gasteiger partial charge < -0.3 is 0 Å². The van der Waals surface area contributed by atoms with E-state index in [1.165, 1.54) is 25.7 Å². The molecule has 0 spiro atoms. The van der Waals surface area contributed by atoms with Crippen LogP contribution in [0.1, 0.15) is 131 Å². The summed E-state index contributed by atoms with van der Waals surface area (Å²) < 4.78 is 44.9. The van der Waals surface area contributed by atoms with E-state index in [1.54, 1.807) is 6.07 Å². The largest absolute Gasteiger partial charge is 0.206 e. The zero-order valence-corrected chi connectivity index (χ0v) is 22.9. The summed E-state index contributed by atoms with van der Waals surface area (Å²) >= 11 is 0. The Bertz CT molecular complexity index is 1020. The van der Waals surface area contributed by atoms with Crippen LogP contribution in [0.2, 0.25) is 0 Å². The van der Waals surface area contributed by atoms with Crippen molar-refractivity contribution in [3.8, 4) is 0 Å². The molecule has 3 heteroatoms. The van der Waals surface area contributed by atoms with Crippen LogP contribution in [0.4, 0.5) is 13.2 Å². The highest BCUT2D eigenvalue weighted by Crippen LogP contribution is 2.42. The van der Waals surface area contributed by atoms with E-state index in [2.05, 4.69) is 19.9 Å². The zero-order chi connectivity index (χ0) is 26.2. The molecule has 2 aliphatic carbocycles. The number of halogens is 3. The molecule has 2 fully saturated rings.